The highest BCUT2D eigenvalue weighted by molar-refractivity contribution is 6.30. The second kappa shape index (κ2) is 15.2. The molecule has 320 valence electrons. The SMILES string of the molecule is C1=CC2=C(CC1)c1ccccc1C2(c1ccccc1)c1ccc(N(c2ccccc2)c2cccc3c4c(-c5cccc6ccccc56)c5c(cc4n(-c4ccccc4)c23)oc2ccccc25)cc1. The first-order valence-electron chi connectivity index (χ1n) is 23.7. The quantitative estimate of drug-likeness (QED) is 0.159. The Hall–Kier alpha value is -8.66. The third-order valence-electron chi connectivity index (χ3n) is 14.7. The number of anilines is 3. The van der Waals surface area contributed by atoms with Gasteiger partial charge in [-0.05, 0) is 111 Å². The minimum absolute atomic E-state index is 0.445. The van der Waals surface area contributed by atoms with Crippen molar-refractivity contribution < 1.29 is 4.42 Å². The molecule has 2 heterocycles. The standard InChI is InChI=1S/C65H44N2O/c1-4-22-44(23-5-1)65(55-34-15-12-29-50(55)51-30-13-16-35-56(51)65)45-38-40-48(41-39-45)66(46-24-6-2-7-25-46)57-36-19-33-54-61-58(67(64(54)57)47-26-8-3-9-27-47)42-60-62(53-31-14-17-37-59(53)68-60)63(61)52-32-18-21-43-20-10-11-28-49(43)52/h1-12,14-29,31-42H,13,30H2. The molecule has 0 fully saturated rings. The van der Waals surface area contributed by atoms with Gasteiger partial charge in [0.25, 0.3) is 0 Å². The van der Waals surface area contributed by atoms with Crippen molar-refractivity contribution in [1.29, 1.82) is 0 Å². The molecule has 2 aliphatic carbocycles. The van der Waals surface area contributed by atoms with Crippen molar-refractivity contribution in [3.63, 3.8) is 0 Å². The maximum atomic E-state index is 6.86. The van der Waals surface area contributed by atoms with Crippen LogP contribution in [0.5, 0.6) is 0 Å². The smallest absolute Gasteiger partial charge is 0.138 e. The number of para-hydroxylation sites is 4. The molecule has 0 spiro atoms. The summed E-state index contributed by atoms with van der Waals surface area (Å²) in [4.78, 5) is 2.45. The van der Waals surface area contributed by atoms with E-state index in [0.29, 0.717) is 0 Å². The number of aromatic nitrogens is 1. The number of hydrogen-bond donors (Lipinski definition) is 0. The van der Waals surface area contributed by atoms with Gasteiger partial charge in [0.05, 0.1) is 22.1 Å². The van der Waals surface area contributed by atoms with Gasteiger partial charge in [-0.3, -0.25) is 0 Å². The van der Waals surface area contributed by atoms with Crippen LogP contribution in [0, 0.1) is 0 Å². The summed E-state index contributed by atoms with van der Waals surface area (Å²) >= 11 is 0. The number of nitrogens with zero attached hydrogens (tertiary/aromatic N) is 2. The number of benzene rings is 10. The van der Waals surface area contributed by atoms with Crippen LogP contribution < -0.4 is 4.90 Å². The molecule has 0 amide bonds. The molecule has 2 aromatic heterocycles. The first-order chi connectivity index (χ1) is 33.8. The highest BCUT2D eigenvalue weighted by Crippen LogP contribution is 2.57. The van der Waals surface area contributed by atoms with Crippen molar-refractivity contribution in [2.75, 3.05) is 4.90 Å². The molecule has 14 rings (SSSR count). The van der Waals surface area contributed by atoms with Crippen LogP contribution in [-0.2, 0) is 5.41 Å². The number of furan rings is 1. The van der Waals surface area contributed by atoms with E-state index in [2.05, 4.69) is 252 Å². The summed E-state index contributed by atoms with van der Waals surface area (Å²) in [6, 6.07) is 84.4. The third kappa shape index (κ3) is 5.53. The fraction of sp³-hybridized carbons (Fsp3) is 0.0462. The highest BCUT2D eigenvalue weighted by atomic mass is 16.3. The van der Waals surface area contributed by atoms with Gasteiger partial charge in [-0.25, -0.2) is 0 Å². The van der Waals surface area contributed by atoms with Crippen LogP contribution in [0.1, 0.15) is 35.1 Å². The Morgan fingerprint density at radius 1 is 0.485 bits per heavy atom. The lowest BCUT2D eigenvalue weighted by atomic mass is 9.66. The van der Waals surface area contributed by atoms with Crippen LogP contribution in [0.4, 0.5) is 17.1 Å². The Morgan fingerprint density at radius 2 is 1.12 bits per heavy atom. The summed E-state index contributed by atoms with van der Waals surface area (Å²) in [5.74, 6) is 0. The van der Waals surface area contributed by atoms with Crippen molar-refractivity contribution in [2.24, 2.45) is 0 Å². The number of hydrogen-bond acceptors (Lipinski definition) is 2. The number of allylic oxidation sites excluding steroid dienone is 4. The second-order valence-corrected chi connectivity index (χ2v) is 18.2. The van der Waals surface area contributed by atoms with Gasteiger partial charge in [-0.15, -0.1) is 0 Å². The van der Waals surface area contributed by atoms with Crippen molar-refractivity contribution in [3.8, 4) is 16.8 Å². The molecule has 2 aliphatic rings. The van der Waals surface area contributed by atoms with E-state index in [-0.39, 0.29) is 0 Å². The molecule has 1 atom stereocenters. The van der Waals surface area contributed by atoms with Gasteiger partial charge in [0.15, 0.2) is 0 Å². The van der Waals surface area contributed by atoms with E-state index >= 15 is 0 Å². The first-order valence-corrected chi connectivity index (χ1v) is 23.7. The van der Waals surface area contributed by atoms with Gasteiger partial charge < -0.3 is 13.9 Å². The molecular weight excluding hydrogens is 825 g/mol. The second-order valence-electron chi connectivity index (χ2n) is 18.2. The molecule has 68 heavy (non-hydrogen) atoms. The lowest BCUT2D eigenvalue weighted by Gasteiger charge is -2.36. The Kier molecular flexibility index (Phi) is 8.63. The molecule has 12 aromatic rings. The van der Waals surface area contributed by atoms with E-state index in [1.54, 1.807) is 0 Å². The molecule has 3 heteroatoms. The topological polar surface area (TPSA) is 21.3 Å². The molecule has 0 saturated heterocycles. The maximum Gasteiger partial charge on any atom is 0.138 e. The van der Waals surface area contributed by atoms with E-state index in [9.17, 15) is 0 Å². The summed E-state index contributed by atoms with van der Waals surface area (Å²) in [7, 11) is 0. The van der Waals surface area contributed by atoms with E-state index in [1.807, 2.05) is 0 Å². The normalized spacial score (nSPS) is 15.5. The van der Waals surface area contributed by atoms with Crippen LogP contribution in [0.15, 0.2) is 253 Å². The fourth-order valence-corrected chi connectivity index (χ4v) is 12.0. The van der Waals surface area contributed by atoms with Crippen LogP contribution in [0.25, 0.3) is 76.9 Å². The molecule has 0 aliphatic heterocycles. The van der Waals surface area contributed by atoms with E-state index in [0.717, 1.165) is 68.6 Å². The Balaban J connectivity index is 1.07. The maximum absolute atomic E-state index is 6.86. The molecule has 0 radical (unpaired) electrons. The lowest BCUT2D eigenvalue weighted by Crippen LogP contribution is -2.29. The van der Waals surface area contributed by atoms with Gasteiger partial charge in [-0.1, -0.05) is 188 Å². The zero-order valence-corrected chi connectivity index (χ0v) is 37.3. The molecule has 0 N–H and O–H groups in total. The summed E-state index contributed by atoms with van der Waals surface area (Å²) < 4.78 is 9.32. The van der Waals surface area contributed by atoms with Crippen molar-refractivity contribution in [1.82, 2.24) is 4.57 Å². The summed E-state index contributed by atoms with van der Waals surface area (Å²) in [5, 5.41) is 7.02. The fourth-order valence-electron chi connectivity index (χ4n) is 12.0. The third-order valence-corrected chi connectivity index (χ3v) is 14.7. The largest absolute Gasteiger partial charge is 0.456 e. The van der Waals surface area contributed by atoms with Crippen LogP contribution in [0.3, 0.4) is 0 Å². The van der Waals surface area contributed by atoms with Crippen molar-refractivity contribution in [2.45, 2.75) is 18.3 Å². The predicted octanol–water partition coefficient (Wildman–Crippen LogP) is 17.4. The minimum Gasteiger partial charge on any atom is -0.456 e. The molecule has 1 unspecified atom stereocenters. The van der Waals surface area contributed by atoms with Gasteiger partial charge in [0.2, 0.25) is 0 Å². The zero-order chi connectivity index (χ0) is 44.8. The summed E-state index contributed by atoms with van der Waals surface area (Å²) in [6.45, 7) is 0. The first kappa shape index (κ1) is 38.6. The Morgan fingerprint density at radius 3 is 1.96 bits per heavy atom. The Bertz CT molecular complexity index is 4000. The predicted molar refractivity (Wildman–Crippen MR) is 284 cm³/mol. The van der Waals surface area contributed by atoms with E-state index in [1.165, 1.54) is 66.1 Å². The van der Waals surface area contributed by atoms with Gasteiger partial charge in [-0.2, -0.15) is 0 Å². The minimum atomic E-state index is -0.445. The molecule has 3 nitrogen and oxygen atoms in total. The van der Waals surface area contributed by atoms with E-state index in [4.69, 9.17) is 4.42 Å². The van der Waals surface area contributed by atoms with Crippen LogP contribution in [-0.4, -0.2) is 4.57 Å². The van der Waals surface area contributed by atoms with Crippen molar-refractivity contribution >= 4 is 77.2 Å². The van der Waals surface area contributed by atoms with Crippen LogP contribution >= 0.6 is 0 Å². The van der Waals surface area contributed by atoms with Gasteiger partial charge in [0.1, 0.15) is 11.2 Å². The highest BCUT2D eigenvalue weighted by Gasteiger charge is 2.47. The molecule has 0 bridgehead atoms. The van der Waals surface area contributed by atoms with E-state index < -0.39 is 5.41 Å². The molecule has 0 saturated carbocycles. The summed E-state index contributed by atoms with van der Waals surface area (Å²) in [5.41, 5.74) is 18.3. The lowest BCUT2D eigenvalue weighted by molar-refractivity contribution is 0.669. The average molecular weight is 869 g/mol. The van der Waals surface area contributed by atoms with Crippen molar-refractivity contribution in [3.05, 3.63) is 271 Å². The molecule has 10 aromatic carbocycles. The van der Waals surface area contributed by atoms with Gasteiger partial charge >= 0.3 is 0 Å². The number of rotatable bonds is 7. The van der Waals surface area contributed by atoms with Gasteiger partial charge in [0, 0.05) is 50.2 Å². The monoisotopic (exact) mass is 868 g/mol. The number of fused-ring (bicyclic) bond motifs is 9. The summed E-state index contributed by atoms with van der Waals surface area (Å²) in [6.07, 6.45) is 6.87. The average Bonchev–Trinajstić information content (AvgIpc) is 4.06. The Labute approximate surface area is 394 Å². The van der Waals surface area contributed by atoms with Crippen LogP contribution in [0.2, 0.25) is 0 Å². The molecular formula is C65H44N2O. The zero-order valence-electron chi connectivity index (χ0n) is 37.3.